The number of hydrogen-bond donors (Lipinski definition) is 1. The lowest BCUT2D eigenvalue weighted by Gasteiger charge is -2.07. The molecule has 0 aliphatic carbocycles. The van der Waals surface area contributed by atoms with Crippen molar-refractivity contribution in [2.24, 2.45) is 5.73 Å². The average molecular weight is 266 g/mol. The zero-order valence-electron chi connectivity index (χ0n) is 7.40. The van der Waals surface area contributed by atoms with Crippen molar-refractivity contribution in [3.8, 4) is 5.75 Å². The molecule has 0 unspecified atom stereocenters. The molecular formula is C9H10BrF2NO. The first-order valence-corrected chi connectivity index (χ1v) is 4.92. The quantitative estimate of drug-likeness (QED) is 0.671. The lowest BCUT2D eigenvalue weighted by Crippen LogP contribution is -2.07. The minimum Gasteiger partial charge on any atom is -0.490 e. The van der Waals surface area contributed by atoms with Gasteiger partial charge in [-0.25, -0.2) is 4.39 Å². The molecule has 14 heavy (non-hydrogen) atoms. The first-order valence-electron chi connectivity index (χ1n) is 4.12. The third-order valence-electron chi connectivity index (χ3n) is 1.57. The van der Waals surface area contributed by atoms with Crippen LogP contribution in [-0.4, -0.2) is 13.2 Å². The van der Waals surface area contributed by atoms with Crippen molar-refractivity contribution in [1.29, 1.82) is 0 Å². The van der Waals surface area contributed by atoms with E-state index in [2.05, 4.69) is 15.9 Å². The van der Waals surface area contributed by atoms with Gasteiger partial charge in [0.15, 0.2) is 11.6 Å². The third-order valence-corrected chi connectivity index (χ3v) is 2.02. The zero-order valence-corrected chi connectivity index (χ0v) is 8.98. The van der Waals surface area contributed by atoms with E-state index in [1.165, 1.54) is 6.07 Å². The standard InChI is InChI=1S/C9H10BrF2NO/c10-6-4-7(11)9(12)8(5-6)14-3-1-2-13/h4-5H,1-3,13H2. The Morgan fingerprint density at radius 3 is 2.71 bits per heavy atom. The average Bonchev–Trinajstić information content (AvgIpc) is 2.13. The molecule has 2 nitrogen and oxygen atoms in total. The molecule has 0 radical (unpaired) electrons. The minimum atomic E-state index is -0.967. The third kappa shape index (κ3) is 2.92. The van der Waals surface area contributed by atoms with Crippen LogP contribution in [0.2, 0.25) is 0 Å². The summed E-state index contributed by atoms with van der Waals surface area (Å²) in [5, 5.41) is 0. The molecule has 0 spiro atoms. The minimum absolute atomic E-state index is 0.0923. The van der Waals surface area contributed by atoms with E-state index in [4.69, 9.17) is 10.5 Å². The maximum absolute atomic E-state index is 13.1. The normalized spacial score (nSPS) is 10.3. The highest BCUT2D eigenvalue weighted by Crippen LogP contribution is 2.25. The molecule has 0 fully saturated rings. The first kappa shape index (κ1) is 11.4. The van der Waals surface area contributed by atoms with Gasteiger partial charge in [0.1, 0.15) is 0 Å². The van der Waals surface area contributed by atoms with Crippen LogP contribution >= 0.6 is 15.9 Å². The van der Waals surface area contributed by atoms with Gasteiger partial charge in [-0.2, -0.15) is 4.39 Å². The van der Waals surface area contributed by atoms with E-state index < -0.39 is 11.6 Å². The fourth-order valence-electron chi connectivity index (χ4n) is 0.903. The zero-order chi connectivity index (χ0) is 10.6. The van der Waals surface area contributed by atoms with Crippen LogP contribution in [0.25, 0.3) is 0 Å². The van der Waals surface area contributed by atoms with Gasteiger partial charge in [0, 0.05) is 4.47 Å². The molecule has 0 atom stereocenters. The van der Waals surface area contributed by atoms with Crippen molar-refractivity contribution in [2.75, 3.05) is 13.2 Å². The molecule has 1 aromatic rings. The maximum atomic E-state index is 13.1. The summed E-state index contributed by atoms with van der Waals surface area (Å²) in [5.74, 6) is -1.99. The Bertz CT molecular complexity index is 320. The summed E-state index contributed by atoms with van der Waals surface area (Å²) in [6, 6.07) is 2.43. The van der Waals surface area contributed by atoms with Crippen molar-refractivity contribution < 1.29 is 13.5 Å². The summed E-state index contributed by atoms with van der Waals surface area (Å²) < 4.78 is 31.4. The number of ether oxygens (including phenoxy) is 1. The van der Waals surface area contributed by atoms with Crippen LogP contribution in [0.3, 0.4) is 0 Å². The summed E-state index contributed by atoms with van der Waals surface area (Å²) >= 11 is 3.04. The lowest BCUT2D eigenvalue weighted by atomic mass is 10.3. The molecule has 0 bridgehead atoms. The summed E-state index contributed by atoms with van der Waals surface area (Å²) in [4.78, 5) is 0. The molecule has 0 amide bonds. The molecule has 5 heteroatoms. The van der Waals surface area contributed by atoms with Gasteiger partial charge < -0.3 is 10.5 Å². The van der Waals surface area contributed by atoms with Crippen molar-refractivity contribution >= 4 is 15.9 Å². The fraction of sp³-hybridized carbons (Fsp3) is 0.333. The largest absolute Gasteiger partial charge is 0.490 e. The molecule has 0 aliphatic rings. The summed E-state index contributed by atoms with van der Waals surface area (Å²) in [6.45, 7) is 0.738. The number of halogens is 3. The van der Waals surface area contributed by atoms with Crippen molar-refractivity contribution in [3.05, 3.63) is 28.2 Å². The van der Waals surface area contributed by atoms with Crippen LogP contribution in [0.15, 0.2) is 16.6 Å². The topological polar surface area (TPSA) is 35.2 Å². The van der Waals surface area contributed by atoms with Crippen LogP contribution < -0.4 is 10.5 Å². The van der Waals surface area contributed by atoms with E-state index in [0.717, 1.165) is 6.07 Å². The van der Waals surface area contributed by atoms with E-state index in [-0.39, 0.29) is 12.4 Å². The van der Waals surface area contributed by atoms with E-state index >= 15 is 0 Å². The van der Waals surface area contributed by atoms with Crippen LogP contribution in [0.1, 0.15) is 6.42 Å². The van der Waals surface area contributed by atoms with Crippen LogP contribution in [0, 0.1) is 11.6 Å². The Labute approximate surface area is 89.2 Å². The maximum Gasteiger partial charge on any atom is 0.200 e. The predicted octanol–water partition coefficient (Wildman–Crippen LogP) is 2.45. The number of rotatable bonds is 4. The Kier molecular flexibility index (Phi) is 4.28. The number of hydrogen-bond acceptors (Lipinski definition) is 2. The molecule has 0 aromatic heterocycles. The summed E-state index contributed by atoms with van der Waals surface area (Å²) in [5.41, 5.74) is 5.23. The van der Waals surface area contributed by atoms with Crippen LogP contribution in [0.4, 0.5) is 8.78 Å². The van der Waals surface area contributed by atoms with Gasteiger partial charge in [0.05, 0.1) is 6.61 Å². The highest BCUT2D eigenvalue weighted by atomic mass is 79.9. The second-order valence-corrected chi connectivity index (χ2v) is 3.61. The molecule has 1 aromatic carbocycles. The molecular weight excluding hydrogens is 256 g/mol. The Hall–Kier alpha value is -0.680. The van der Waals surface area contributed by atoms with E-state index in [0.29, 0.717) is 17.4 Å². The molecule has 0 aliphatic heterocycles. The van der Waals surface area contributed by atoms with Gasteiger partial charge in [0.2, 0.25) is 5.82 Å². The summed E-state index contributed by atoms with van der Waals surface area (Å²) in [6.07, 6.45) is 0.605. The number of benzene rings is 1. The first-order chi connectivity index (χ1) is 6.65. The monoisotopic (exact) mass is 265 g/mol. The van der Waals surface area contributed by atoms with Crippen molar-refractivity contribution in [1.82, 2.24) is 0 Å². The van der Waals surface area contributed by atoms with Crippen molar-refractivity contribution in [3.63, 3.8) is 0 Å². The predicted molar refractivity (Wildman–Crippen MR) is 53.2 cm³/mol. The van der Waals surface area contributed by atoms with Gasteiger partial charge in [-0.3, -0.25) is 0 Å². The van der Waals surface area contributed by atoms with Gasteiger partial charge in [-0.1, -0.05) is 15.9 Å². The SMILES string of the molecule is NCCCOc1cc(Br)cc(F)c1F. The van der Waals surface area contributed by atoms with Crippen LogP contribution in [0.5, 0.6) is 5.75 Å². The molecule has 2 N–H and O–H groups in total. The molecule has 78 valence electrons. The second-order valence-electron chi connectivity index (χ2n) is 2.69. The fourth-order valence-corrected chi connectivity index (χ4v) is 1.31. The summed E-state index contributed by atoms with van der Waals surface area (Å²) in [7, 11) is 0. The van der Waals surface area contributed by atoms with Gasteiger partial charge in [-0.15, -0.1) is 0 Å². The van der Waals surface area contributed by atoms with E-state index in [9.17, 15) is 8.78 Å². The van der Waals surface area contributed by atoms with Crippen LogP contribution in [-0.2, 0) is 0 Å². The lowest BCUT2D eigenvalue weighted by molar-refractivity contribution is 0.292. The Morgan fingerprint density at radius 1 is 1.36 bits per heavy atom. The highest BCUT2D eigenvalue weighted by molar-refractivity contribution is 9.10. The Balaban J connectivity index is 2.75. The smallest absolute Gasteiger partial charge is 0.200 e. The van der Waals surface area contributed by atoms with E-state index in [1.54, 1.807) is 0 Å². The second kappa shape index (κ2) is 5.26. The van der Waals surface area contributed by atoms with Crippen molar-refractivity contribution in [2.45, 2.75) is 6.42 Å². The highest BCUT2D eigenvalue weighted by Gasteiger charge is 2.10. The molecule has 1 rings (SSSR count). The van der Waals surface area contributed by atoms with Gasteiger partial charge >= 0.3 is 0 Å². The molecule has 0 heterocycles. The van der Waals surface area contributed by atoms with Gasteiger partial charge in [0.25, 0.3) is 0 Å². The number of nitrogens with two attached hydrogens (primary N) is 1. The van der Waals surface area contributed by atoms with E-state index in [1.807, 2.05) is 0 Å². The van der Waals surface area contributed by atoms with Gasteiger partial charge in [-0.05, 0) is 25.1 Å². The Morgan fingerprint density at radius 2 is 2.07 bits per heavy atom. The molecule has 0 saturated heterocycles. The molecule has 0 saturated carbocycles.